The van der Waals surface area contributed by atoms with E-state index in [0.29, 0.717) is 15.9 Å². The molecular weight excluding hydrogens is 357 g/mol. The van der Waals surface area contributed by atoms with Crippen LogP contribution in [0.1, 0.15) is 36.5 Å². The number of halogens is 1. The van der Waals surface area contributed by atoms with Crippen molar-refractivity contribution in [2.45, 2.75) is 32.9 Å². The summed E-state index contributed by atoms with van der Waals surface area (Å²) in [6, 6.07) is 7.82. The van der Waals surface area contributed by atoms with Crippen LogP contribution in [0.25, 0.3) is 10.1 Å². The number of fused-ring (bicyclic) bond motifs is 1. The lowest BCUT2D eigenvalue weighted by Crippen LogP contribution is -2.30. The zero-order chi connectivity index (χ0) is 18.8. The van der Waals surface area contributed by atoms with Crippen LogP contribution >= 0.6 is 11.3 Å². The molecule has 0 saturated carbocycles. The molecule has 0 bridgehead atoms. The summed E-state index contributed by atoms with van der Waals surface area (Å²) >= 11 is 1.12. The number of anilines is 1. The van der Waals surface area contributed by atoms with Gasteiger partial charge in [0.15, 0.2) is 6.10 Å². The summed E-state index contributed by atoms with van der Waals surface area (Å²) in [7, 11) is 0. The first-order valence-electron chi connectivity index (χ1n) is 8.10. The second kappa shape index (κ2) is 7.25. The molecule has 2 aromatic heterocycles. The monoisotopic (exact) mass is 375 g/mol. The highest BCUT2D eigenvalue weighted by molar-refractivity contribution is 7.20. The van der Waals surface area contributed by atoms with Crippen LogP contribution in [0.5, 0.6) is 0 Å². The fourth-order valence-electron chi connectivity index (χ4n) is 2.45. The molecule has 1 N–H and O–H groups in total. The van der Waals surface area contributed by atoms with E-state index in [1.165, 1.54) is 19.1 Å². The van der Waals surface area contributed by atoms with Gasteiger partial charge in [-0.3, -0.25) is 4.79 Å². The summed E-state index contributed by atoms with van der Waals surface area (Å²) in [5.74, 6) is -0.999. The molecule has 8 heteroatoms. The lowest BCUT2D eigenvalue weighted by Gasteiger charge is -2.15. The van der Waals surface area contributed by atoms with E-state index in [1.807, 2.05) is 13.8 Å². The van der Waals surface area contributed by atoms with E-state index in [2.05, 4.69) is 10.4 Å². The maximum absolute atomic E-state index is 13.8. The third-order valence-electron chi connectivity index (χ3n) is 3.77. The minimum atomic E-state index is -1.01. The van der Waals surface area contributed by atoms with Crippen LogP contribution in [0.15, 0.2) is 36.5 Å². The second-order valence-electron chi connectivity index (χ2n) is 6.05. The van der Waals surface area contributed by atoms with Crippen molar-refractivity contribution in [2.75, 3.05) is 5.32 Å². The highest BCUT2D eigenvalue weighted by Crippen LogP contribution is 2.28. The van der Waals surface area contributed by atoms with Gasteiger partial charge in [0.05, 0.1) is 6.20 Å². The van der Waals surface area contributed by atoms with Gasteiger partial charge in [0.2, 0.25) is 0 Å². The quantitative estimate of drug-likeness (QED) is 0.684. The van der Waals surface area contributed by atoms with E-state index >= 15 is 0 Å². The van der Waals surface area contributed by atoms with Gasteiger partial charge in [-0.05, 0) is 39.0 Å². The molecule has 0 aliphatic rings. The third kappa shape index (κ3) is 3.60. The molecule has 6 nitrogen and oxygen atoms in total. The molecular formula is C18H18FN3O3S. The number of hydrogen-bond donors (Lipinski definition) is 1. The number of hydrogen-bond acceptors (Lipinski definition) is 5. The zero-order valence-corrected chi connectivity index (χ0v) is 15.3. The highest BCUT2D eigenvalue weighted by Gasteiger charge is 2.22. The molecule has 3 aromatic rings. The average molecular weight is 375 g/mol. The lowest BCUT2D eigenvalue weighted by molar-refractivity contribution is -0.123. The number of rotatable bonds is 5. The Kier molecular flexibility index (Phi) is 5.03. The molecule has 1 aromatic carbocycles. The number of aromatic nitrogens is 2. The summed E-state index contributed by atoms with van der Waals surface area (Å²) in [6.07, 6.45) is 0.575. The zero-order valence-electron chi connectivity index (χ0n) is 14.5. The number of carbonyl (C=O) groups is 2. The van der Waals surface area contributed by atoms with E-state index < -0.39 is 23.8 Å². The predicted molar refractivity (Wildman–Crippen MR) is 97.9 cm³/mol. The smallest absolute Gasteiger partial charge is 0.349 e. The number of amides is 1. The maximum atomic E-state index is 13.8. The van der Waals surface area contributed by atoms with Crippen LogP contribution in [0, 0.1) is 5.82 Å². The molecule has 136 valence electrons. The van der Waals surface area contributed by atoms with Gasteiger partial charge in [0, 0.05) is 22.2 Å². The fraction of sp³-hybridized carbons (Fsp3) is 0.278. The number of nitrogens with one attached hydrogen (secondary N) is 1. The van der Waals surface area contributed by atoms with Crippen LogP contribution in [0.3, 0.4) is 0 Å². The number of thiophene rings is 1. The van der Waals surface area contributed by atoms with Gasteiger partial charge < -0.3 is 10.1 Å². The molecule has 2 heterocycles. The Labute approximate surface area is 153 Å². The molecule has 0 fully saturated rings. The van der Waals surface area contributed by atoms with Gasteiger partial charge in [0.25, 0.3) is 5.91 Å². The topological polar surface area (TPSA) is 73.2 Å². The molecule has 26 heavy (non-hydrogen) atoms. The number of nitrogens with zero attached hydrogens (tertiary/aromatic N) is 2. The molecule has 0 spiro atoms. The average Bonchev–Trinajstić information content (AvgIpc) is 3.22. The molecule has 1 atom stereocenters. The van der Waals surface area contributed by atoms with Crippen molar-refractivity contribution >= 4 is 39.1 Å². The molecule has 0 radical (unpaired) electrons. The molecule has 3 rings (SSSR count). The van der Waals surface area contributed by atoms with Gasteiger partial charge in [-0.2, -0.15) is 5.10 Å². The molecule has 0 unspecified atom stereocenters. The fourth-order valence-corrected chi connectivity index (χ4v) is 3.41. The summed E-state index contributed by atoms with van der Waals surface area (Å²) in [5.41, 5.74) is 0. The second-order valence-corrected chi connectivity index (χ2v) is 7.14. The first-order chi connectivity index (χ1) is 12.4. The highest BCUT2D eigenvalue weighted by atomic mass is 32.1. The van der Waals surface area contributed by atoms with Crippen LogP contribution in [0.2, 0.25) is 0 Å². The van der Waals surface area contributed by atoms with Crippen molar-refractivity contribution in [3.63, 3.8) is 0 Å². The molecule has 0 saturated heterocycles. The molecule has 0 aliphatic carbocycles. The van der Waals surface area contributed by atoms with E-state index in [9.17, 15) is 14.0 Å². The van der Waals surface area contributed by atoms with E-state index in [0.717, 1.165) is 11.3 Å². The predicted octanol–water partition coefficient (Wildman–Crippen LogP) is 4.00. The van der Waals surface area contributed by atoms with Gasteiger partial charge in [0.1, 0.15) is 16.5 Å². The van der Waals surface area contributed by atoms with Crippen LogP contribution in [0.4, 0.5) is 10.2 Å². The Morgan fingerprint density at radius 2 is 2.04 bits per heavy atom. The van der Waals surface area contributed by atoms with Crippen molar-refractivity contribution in [3.05, 3.63) is 47.2 Å². The van der Waals surface area contributed by atoms with Crippen LogP contribution in [-0.2, 0) is 9.53 Å². The Morgan fingerprint density at radius 1 is 1.27 bits per heavy atom. The largest absolute Gasteiger partial charge is 0.448 e. The first kappa shape index (κ1) is 18.1. The standard InChI is InChI=1S/C18H18FN3O3S/c1-10(2)22-16(7-8-20-22)21-17(23)11(3)25-18(24)15-9-12-13(19)5-4-6-14(12)26-15/h4-11H,1-3H3,(H,21,23)/t11-/m1/s1. The van der Waals surface area contributed by atoms with Gasteiger partial charge in [-0.25, -0.2) is 13.9 Å². The van der Waals surface area contributed by atoms with Crippen molar-refractivity contribution in [3.8, 4) is 0 Å². The minimum Gasteiger partial charge on any atom is -0.448 e. The number of ether oxygens (including phenoxy) is 1. The SMILES string of the molecule is CC(C)n1nccc1NC(=O)[C@@H](C)OC(=O)c1cc2c(F)cccc2s1. The minimum absolute atomic E-state index is 0.0756. The van der Waals surface area contributed by atoms with E-state index in [4.69, 9.17) is 4.74 Å². The Bertz CT molecular complexity index is 964. The van der Waals surface area contributed by atoms with Crippen molar-refractivity contribution < 1.29 is 18.7 Å². The summed E-state index contributed by atoms with van der Waals surface area (Å²) in [4.78, 5) is 24.8. The van der Waals surface area contributed by atoms with Crippen molar-refractivity contribution in [2.24, 2.45) is 0 Å². The van der Waals surface area contributed by atoms with Crippen LogP contribution in [-0.4, -0.2) is 27.8 Å². The normalized spacial score (nSPS) is 12.3. The van der Waals surface area contributed by atoms with Crippen molar-refractivity contribution in [1.82, 2.24) is 9.78 Å². The van der Waals surface area contributed by atoms with Gasteiger partial charge in [-0.15, -0.1) is 11.3 Å². The van der Waals surface area contributed by atoms with Gasteiger partial charge in [-0.1, -0.05) is 6.07 Å². The van der Waals surface area contributed by atoms with Crippen molar-refractivity contribution in [1.29, 1.82) is 0 Å². The summed E-state index contributed by atoms with van der Waals surface area (Å²) in [6.45, 7) is 5.36. The number of carbonyl (C=O) groups excluding carboxylic acids is 2. The maximum Gasteiger partial charge on any atom is 0.349 e. The Balaban J connectivity index is 1.69. The summed E-state index contributed by atoms with van der Waals surface area (Å²) < 4.78 is 21.3. The Hall–Kier alpha value is -2.74. The van der Waals surface area contributed by atoms with Crippen LogP contribution < -0.4 is 5.32 Å². The first-order valence-corrected chi connectivity index (χ1v) is 8.92. The molecule has 0 aliphatic heterocycles. The number of benzene rings is 1. The third-order valence-corrected chi connectivity index (χ3v) is 4.85. The summed E-state index contributed by atoms with van der Waals surface area (Å²) in [5, 5.41) is 7.18. The Morgan fingerprint density at radius 3 is 2.73 bits per heavy atom. The van der Waals surface area contributed by atoms with E-state index in [1.54, 1.807) is 29.1 Å². The van der Waals surface area contributed by atoms with Gasteiger partial charge >= 0.3 is 5.97 Å². The van der Waals surface area contributed by atoms with E-state index in [-0.39, 0.29) is 10.9 Å². The lowest BCUT2D eigenvalue weighted by atomic mass is 10.2. The number of esters is 1. The molecule has 1 amide bonds.